The summed E-state index contributed by atoms with van der Waals surface area (Å²) in [4.78, 5) is 16.1. The molecule has 0 saturated carbocycles. The van der Waals surface area contributed by atoms with E-state index in [4.69, 9.17) is 12.2 Å². The number of rotatable bonds is 3. The molecule has 21 heavy (non-hydrogen) atoms. The molecule has 0 aliphatic carbocycles. The molecule has 0 radical (unpaired) electrons. The highest BCUT2D eigenvalue weighted by atomic mass is 32.2. The Labute approximate surface area is 137 Å². The van der Waals surface area contributed by atoms with E-state index in [1.165, 1.54) is 11.8 Å². The van der Waals surface area contributed by atoms with Gasteiger partial charge in [0.2, 0.25) is 0 Å². The number of hydrogen-bond donors (Lipinski definition) is 0. The number of anilines is 1. The van der Waals surface area contributed by atoms with Crippen molar-refractivity contribution in [3.8, 4) is 0 Å². The smallest absolute Gasteiger partial charge is 0.268 e. The summed E-state index contributed by atoms with van der Waals surface area (Å²) < 4.78 is 0.601. The molecule has 1 aliphatic heterocycles. The zero-order valence-electron chi connectivity index (χ0n) is 11.4. The minimum atomic E-state index is -0.0284. The molecule has 1 aliphatic rings. The molecule has 2 nitrogen and oxygen atoms in total. The SMILES string of the molecule is CCc1ccccc1N1C(=O)/C(=C\c2cccs2)SC1=S. The van der Waals surface area contributed by atoms with Crippen molar-refractivity contribution in [3.63, 3.8) is 0 Å². The first-order valence-electron chi connectivity index (χ1n) is 6.60. The van der Waals surface area contributed by atoms with E-state index in [0.29, 0.717) is 9.23 Å². The fourth-order valence-corrected chi connectivity index (χ4v) is 4.21. The van der Waals surface area contributed by atoms with Crippen LogP contribution < -0.4 is 4.90 Å². The number of carbonyl (C=O) groups is 1. The van der Waals surface area contributed by atoms with Crippen LogP contribution in [0, 0.1) is 0 Å². The van der Waals surface area contributed by atoms with Crippen LogP contribution in [0.2, 0.25) is 0 Å². The van der Waals surface area contributed by atoms with Crippen molar-refractivity contribution in [3.05, 3.63) is 57.1 Å². The molecule has 106 valence electrons. The van der Waals surface area contributed by atoms with Crippen molar-refractivity contribution in [1.82, 2.24) is 0 Å². The Bertz CT molecular complexity index is 719. The second-order valence-electron chi connectivity index (χ2n) is 4.51. The molecule has 1 fully saturated rings. The van der Waals surface area contributed by atoms with E-state index in [2.05, 4.69) is 6.92 Å². The number of para-hydroxylation sites is 1. The third-order valence-electron chi connectivity index (χ3n) is 3.22. The Hall–Kier alpha value is -1.43. The second kappa shape index (κ2) is 6.13. The Morgan fingerprint density at radius 3 is 2.76 bits per heavy atom. The standard InChI is InChI=1S/C16H13NOS3/c1-2-11-6-3-4-8-13(11)17-15(18)14(21-16(17)19)10-12-7-5-9-20-12/h3-10H,2H2,1H3/b14-10+. The summed E-state index contributed by atoms with van der Waals surface area (Å²) in [5.41, 5.74) is 2.03. The van der Waals surface area contributed by atoms with Crippen LogP contribution in [-0.2, 0) is 11.2 Å². The topological polar surface area (TPSA) is 20.3 Å². The number of thiophene rings is 1. The van der Waals surface area contributed by atoms with E-state index in [1.807, 2.05) is 47.9 Å². The van der Waals surface area contributed by atoms with Gasteiger partial charge in [0.25, 0.3) is 5.91 Å². The second-order valence-corrected chi connectivity index (χ2v) is 7.17. The fourth-order valence-electron chi connectivity index (χ4n) is 2.21. The van der Waals surface area contributed by atoms with Crippen molar-refractivity contribution in [2.24, 2.45) is 0 Å². The molecule has 1 aromatic heterocycles. The van der Waals surface area contributed by atoms with Crippen LogP contribution in [0.4, 0.5) is 5.69 Å². The van der Waals surface area contributed by atoms with Gasteiger partial charge in [-0.2, -0.15) is 0 Å². The highest BCUT2D eigenvalue weighted by molar-refractivity contribution is 8.27. The van der Waals surface area contributed by atoms with E-state index >= 15 is 0 Å². The van der Waals surface area contributed by atoms with Crippen molar-refractivity contribution in [2.75, 3.05) is 4.90 Å². The first-order chi connectivity index (χ1) is 10.2. The van der Waals surface area contributed by atoms with Gasteiger partial charge < -0.3 is 0 Å². The van der Waals surface area contributed by atoms with Gasteiger partial charge >= 0.3 is 0 Å². The molecule has 5 heteroatoms. The molecule has 2 aromatic rings. The number of nitrogens with zero attached hydrogens (tertiary/aromatic N) is 1. The summed E-state index contributed by atoms with van der Waals surface area (Å²) >= 11 is 8.39. The van der Waals surface area contributed by atoms with E-state index in [0.717, 1.165) is 22.5 Å². The predicted molar refractivity (Wildman–Crippen MR) is 95.8 cm³/mol. The van der Waals surface area contributed by atoms with Gasteiger partial charge in [-0.3, -0.25) is 9.69 Å². The van der Waals surface area contributed by atoms with E-state index in [9.17, 15) is 4.79 Å². The lowest BCUT2D eigenvalue weighted by atomic mass is 10.1. The van der Waals surface area contributed by atoms with Crippen LogP contribution in [0.1, 0.15) is 17.4 Å². The third kappa shape index (κ3) is 2.81. The summed E-state index contributed by atoms with van der Waals surface area (Å²) in [5.74, 6) is -0.0284. The number of hydrogen-bond acceptors (Lipinski definition) is 4. The average Bonchev–Trinajstić information content (AvgIpc) is 3.09. The van der Waals surface area contributed by atoms with Gasteiger partial charge in [0, 0.05) is 4.88 Å². The summed E-state index contributed by atoms with van der Waals surface area (Å²) in [7, 11) is 0. The molecule has 1 saturated heterocycles. The van der Waals surface area contributed by atoms with Gasteiger partial charge in [0.1, 0.15) is 0 Å². The summed E-state index contributed by atoms with van der Waals surface area (Å²) in [5, 5.41) is 2.00. The van der Waals surface area contributed by atoms with Crippen molar-refractivity contribution < 1.29 is 4.79 Å². The molecule has 2 heterocycles. The highest BCUT2D eigenvalue weighted by Crippen LogP contribution is 2.37. The molecule has 1 amide bonds. The van der Waals surface area contributed by atoms with Crippen molar-refractivity contribution >= 4 is 57.3 Å². The van der Waals surface area contributed by atoms with Crippen LogP contribution >= 0.6 is 35.3 Å². The number of benzene rings is 1. The molecular formula is C16H13NOS3. The van der Waals surface area contributed by atoms with Crippen LogP contribution in [0.5, 0.6) is 0 Å². The van der Waals surface area contributed by atoms with Crippen LogP contribution in [0.15, 0.2) is 46.7 Å². The Kier molecular flexibility index (Phi) is 4.24. The first-order valence-corrected chi connectivity index (χ1v) is 8.70. The van der Waals surface area contributed by atoms with E-state index < -0.39 is 0 Å². The Morgan fingerprint density at radius 1 is 1.24 bits per heavy atom. The maximum Gasteiger partial charge on any atom is 0.270 e. The molecule has 0 bridgehead atoms. The van der Waals surface area contributed by atoms with Crippen LogP contribution in [0.25, 0.3) is 6.08 Å². The summed E-state index contributed by atoms with van der Waals surface area (Å²) in [6, 6.07) is 11.9. The first kappa shape index (κ1) is 14.5. The monoisotopic (exact) mass is 331 g/mol. The van der Waals surface area contributed by atoms with Gasteiger partial charge in [-0.1, -0.05) is 55.2 Å². The largest absolute Gasteiger partial charge is 0.270 e. The predicted octanol–water partition coefficient (Wildman–Crippen LogP) is 4.72. The molecule has 0 N–H and O–H groups in total. The number of aryl methyl sites for hydroxylation is 1. The highest BCUT2D eigenvalue weighted by Gasteiger charge is 2.34. The molecule has 0 unspecified atom stereocenters. The normalized spacial score (nSPS) is 17.0. The molecule has 3 rings (SSSR count). The van der Waals surface area contributed by atoms with Crippen molar-refractivity contribution in [1.29, 1.82) is 0 Å². The van der Waals surface area contributed by atoms with E-state index in [1.54, 1.807) is 16.2 Å². The van der Waals surface area contributed by atoms with Crippen LogP contribution in [-0.4, -0.2) is 10.2 Å². The maximum absolute atomic E-state index is 12.7. The number of carbonyl (C=O) groups excluding carboxylic acids is 1. The lowest BCUT2D eigenvalue weighted by Crippen LogP contribution is -2.28. The minimum Gasteiger partial charge on any atom is -0.268 e. The minimum absolute atomic E-state index is 0.0284. The Morgan fingerprint density at radius 2 is 2.05 bits per heavy atom. The zero-order chi connectivity index (χ0) is 14.8. The fraction of sp³-hybridized carbons (Fsp3) is 0.125. The van der Waals surface area contributed by atoms with Gasteiger partial charge in [0.05, 0.1) is 10.6 Å². The van der Waals surface area contributed by atoms with Gasteiger partial charge in [-0.15, -0.1) is 11.3 Å². The van der Waals surface area contributed by atoms with Gasteiger partial charge in [-0.25, -0.2) is 0 Å². The third-order valence-corrected chi connectivity index (χ3v) is 5.35. The van der Waals surface area contributed by atoms with Crippen LogP contribution in [0.3, 0.4) is 0 Å². The summed E-state index contributed by atoms with van der Waals surface area (Å²) in [6.07, 6.45) is 2.79. The average molecular weight is 331 g/mol. The summed E-state index contributed by atoms with van der Waals surface area (Å²) in [6.45, 7) is 2.08. The molecule has 1 aromatic carbocycles. The molecule has 0 spiro atoms. The number of thioether (sulfide) groups is 1. The van der Waals surface area contributed by atoms with Gasteiger partial charge in [0.15, 0.2) is 4.32 Å². The lowest BCUT2D eigenvalue weighted by Gasteiger charge is -2.17. The van der Waals surface area contributed by atoms with Crippen molar-refractivity contribution in [2.45, 2.75) is 13.3 Å². The molecular weight excluding hydrogens is 318 g/mol. The number of amides is 1. The van der Waals surface area contributed by atoms with E-state index in [-0.39, 0.29) is 5.91 Å². The maximum atomic E-state index is 12.7. The Balaban J connectivity index is 1.98. The lowest BCUT2D eigenvalue weighted by molar-refractivity contribution is -0.113. The zero-order valence-corrected chi connectivity index (χ0v) is 13.9. The van der Waals surface area contributed by atoms with Gasteiger partial charge in [-0.05, 0) is 35.6 Å². The number of thiocarbonyl (C=S) groups is 1. The molecule has 0 atom stereocenters. The quantitative estimate of drug-likeness (QED) is 0.600.